The van der Waals surface area contributed by atoms with E-state index >= 15 is 0 Å². The van der Waals surface area contributed by atoms with E-state index in [0.29, 0.717) is 6.54 Å². The fraction of sp³-hybridized carbons (Fsp3) is 0.294. The quantitative estimate of drug-likeness (QED) is 0.940. The molecule has 0 spiro atoms. The van der Waals surface area contributed by atoms with Crippen LogP contribution in [0.4, 0.5) is 5.69 Å². The van der Waals surface area contributed by atoms with E-state index in [9.17, 15) is 4.79 Å². The Labute approximate surface area is 124 Å². The van der Waals surface area contributed by atoms with Gasteiger partial charge < -0.3 is 10.2 Å². The summed E-state index contributed by atoms with van der Waals surface area (Å²) in [6.45, 7) is 1.46. The van der Waals surface area contributed by atoms with Gasteiger partial charge in [0.25, 0.3) is 0 Å². The molecule has 1 unspecified atom stereocenters. The van der Waals surface area contributed by atoms with Crippen molar-refractivity contribution < 1.29 is 4.79 Å². The largest absolute Gasteiger partial charge is 0.385 e. The Morgan fingerprint density at radius 1 is 1.29 bits per heavy atom. The first-order valence-corrected chi connectivity index (χ1v) is 7.22. The van der Waals surface area contributed by atoms with E-state index < -0.39 is 0 Å². The highest BCUT2D eigenvalue weighted by Gasteiger charge is 2.28. The SMILES string of the molecule is CN(Cc1ccncc1)C(=O)C1CCNc2ccccc21. The third-order valence-corrected chi connectivity index (χ3v) is 3.93. The number of rotatable bonds is 3. The lowest BCUT2D eigenvalue weighted by atomic mass is 9.90. The lowest BCUT2D eigenvalue weighted by Gasteiger charge is -2.29. The van der Waals surface area contributed by atoms with E-state index in [0.717, 1.165) is 29.8 Å². The maximum Gasteiger partial charge on any atom is 0.230 e. The van der Waals surface area contributed by atoms with E-state index in [1.807, 2.05) is 48.3 Å². The van der Waals surface area contributed by atoms with Crippen molar-refractivity contribution in [1.82, 2.24) is 9.88 Å². The number of hydrogen-bond donors (Lipinski definition) is 1. The summed E-state index contributed by atoms with van der Waals surface area (Å²) in [7, 11) is 1.87. The molecule has 4 heteroatoms. The van der Waals surface area contributed by atoms with E-state index in [-0.39, 0.29) is 11.8 Å². The van der Waals surface area contributed by atoms with Crippen LogP contribution in [0.25, 0.3) is 0 Å². The smallest absolute Gasteiger partial charge is 0.230 e. The van der Waals surface area contributed by atoms with Crippen LogP contribution in [-0.2, 0) is 11.3 Å². The Bertz CT molecular complexity index is 627. The van der Waals surface area contributed by atoms with Gasteiger partial charge in [-0.3, -0.25) is 9.78 Å². The van der Waals surface area contributed by atoms with Crippen LogP contribution in [0.1, 0.15) is 23.5 Å². The molecule has 108 valence electrons. The van der Waals surface area contributed by atoms with Gasteiger partial charge in [0, 0.05) is 38.2 Å². The summed E-state index contributed by atoms with van der Waals surface area (Å²) in [5, 5.41) is 3.36. The van der Waals surface area contributed by atoms with E-state index in [4.69, 9.17) is 0 Å². The average molecular weight is 281 g/mol. The summed E-state index contributed by atoms with van der Waals surface area (Å²) in [6, 6.07) is 12.0. The van der Waals surface area contributed by atoms with Gasteiger partial charge in [0.15, 0.2) is 0 Å². The molecule has 1 amide bonds. The number of amides is 1. The molecule has 1 aromatic heterocycles. The molecule has 1 N–H and O–H groups in total. The second kappa shape index (κ2) is 5.95. The summed E-state index contributed by atoms with van der Waals surface area (Å²) in [4.78, 5) is 18.6. The summed E-state index contributed by atoms with van der Waals surface area (Å²) >= 11 is 0. The van der Waals surface area contributed by atoms with Crippen LogP contribution in [0.5, 0.6) is 0 Å². The number of nitrogens with zero attached hydrogens (tertiary/aromatic N) is 2. The number of carbonyl (C=O) groups excluding carboxylic acids is 1. The molecular weight excluding hydrogens is 262 g/mol. The number of anilines is 1. The van der Waals surface area contributed by atoms with Gasteiger partial charge in [-0.15, -0.1) is 0 Å². The molecule has 0 saturated carbocycles. The fourth-order valence-electron chi connectivity index (χ4n) is 2.83. The van der Waals surface area contributed by atoms with Crippen molar-refractivity contribution >= 4 is 11.6 Å². The van der Waals surface area contributed by atoms with Gasteiger partial charge in [0.05, 0.1) is 5.92 Å². The highest BCUT2D eigenvalue weighted by molar-refractivity contribution is 5.86. The number of pyridine rings is 1. The minimum atomic E-state index is -0.0470. The second-order valence-corrected chi connectivity index (χ2v) is 5.41. The third-order valence-electron chi connectivity index (χ3n) is 3.93. The van der Waals surface area contributed by atoms with Gasteiger partial charge in [-0.1, -0.05) is 18.2 Å². The van der Waals surface area contributed by atoms with Crippen molar-refractivity contribution in [3.05, 3.63) is 59.9 Å². The molecule has 3 rings (SSSR count). The highest BCUT2D eigenvalue weighted by Crippen LogP contribution is 2.32. The number of likely N-dealkylation sites (N-methyl/N-ethyl adjacent to an activating group) is 1. The number of benzene rings is 1. The molecule has 1 atom stereocenters. The standard InChI is InChI=1S/C17H19N3O/c1-20(12-13-6-9-18-10-7-13)17(21)15-8-11-19-16-5-3-2-4-14(15)16/h2-7,9-10,15,19H,8,11-12H2,1H3. The molecule has 1 aliphatic heterocycles. The van der Waals surface area contributed by atoms with E-state index in [1.165, 1.54) is 0 Å². The second-order valence-electron chi connectivity index (χ2n) is 5.41. The zero-order valence-electron chi connectivity index (χ0n) is 12.1. The summed E-state index contributed by atoms with van der Waals surface area (Å²) < 4.78 is 0. The molecule has 0 fully saturated rings. The lowest BCUT2D eigenvalue weighted by Crippen LogP contribution is -2.34. The minimum Gasteiger partial charge on any atom is -0.385 e. The predicted molar refractivity (Wildman–Crippen MR) is 83.0 cm³/mol. The van der Waals surface area contributed by atoms with Gasteiger partial charge in [-0.05, 0) is 35.7 Å². The Hall–Kier alpha value is -2.36. The number of para-hydroxylation sites is 1. The molecule has 0 radical (unpaired) electrons. The van der Waals surface area contributed by atoms with Crippen molar-refractivity contribution in [2.24, 2.45) is 0 Å². The lowest BCUT2D eigenvalue weighted by molar-refractivity contribution is -0.132. The number of aromatic nitrogens is 1. The number of fused-ring (bicyclic) bond motifs is 1. The monoisotopic (exact) mass is 281 g/mol. The average Bonchev–Trinajstić information content (AvgIpc) is 2.54. The Morgan fingerprint density at radius 3 is 2.86 bits per heavy atom. The number of carbonyl (C=O) groups is 1. The van der Waals surface area contributed by atoms with Crippen LogP contribution in [0, 0.1) is 0 Å². The Balaban J connectivity index is 1.77. The van der Waals surface area contributed by atoms with Crippen molar-refractivity contribution in [3.63, 3.8) is 0 Å². The van der Waals surface area contributed by atoms with E-state index in [1.54, 1.807) is 12.4 Å². The Kier molecular flexibility index (Phi) is 3.86. The normalized spacial score (nSPS) is 16.7. The van der Waals surface area contributed by atoms with Crippen LogP contribution in [0.2, 0.25) is 0 Å². The zero-order valence-corrected chi connectivity index (χ0v) is 12.1. The first kappa shape index (κ1) is 13.6. The summed E-state index contributed by atoms with van der Waals surface area (Å²) in [6.07, 6.45) is 4.36. The van der Waals surface area contributed by atoms with Crippen molar-refractivity contribution in [3.8, 4) is 0 Å². The molecule has 2 aromatic rings. The molecule has 21 heavy (non-hydrogen) atoms. The van der Waals surface area contributed by atoms with E-state index in [2.05, 4.69) is 10.3 Å². The maximum atomic E-state index is 12.7. The molecule has 4 nitrogen and oxygen atoms in total. The third kappa shape index (κ3) is 2.89. The van der Waals surface area contributed by atoms with Crippen LogP contribution >= 0.6 is 0 Å². The molecule has 1 aliphatic rings. The zero-order chi connectivity index (χ0) is 14.7. The molecule has 0 aliphatic carbocycles. The molecule has 2 heterocycles. The van der Waals surface area contributed by atoms with Gasteiger partial charge in [-0.2, -0.15) is 0 Å². The molecule has 0 bridgehead atoms. The first-order valence-electron chi connectivity index (χ1n) is 7.22. The van der Waals surface area contributed by atoms with Gasteiger partial charge in [0.1, 0.15) is 0 Å². The fourth-order valence-corrected chi connectivity index (χ4v) is 2.83. The van der Waals surface area contributed by atoms with Crippen molar-refractivity contribution in [2.45, 2.75) is 18.9 Å². The van der Waals surface area contributed by atoms with Crippen molar-refractivity contribution in [1.29, 1.82) is 0 Å². The van der Waals surface area contributed by atoms with Crippen LogP contribution in [0.15, 0.2) is 48.8 Å². The minimum absolute atomic E-state index is 0.0470. The van der Waals surface area contributed by atoms with Gasteiger partial charge >= 0.3 is 0 Å². The van der Waals surface area contributed by atoms with Gasteiger partial charge in [0.2, 0.25) is 5.91 Å². The predicted octanol–water partition coefficient (Wildman–Crippen LogP) is 2.64. The van der Waals surface area contributed by atoms with Crippen molar-refractivity contribution in [2.75, 3.05) is 18.9 Å². The van der Waals surface area contributed by atoms with Crippen LogP contribution < -0.4 is 5.32 Å². The molecule has 0 saturated heterocycles. The molecular formula is C17H19N3O. The highest BCUT2D eigenvalue weighted by atomic mass is 16.2. The molecule has 1 aromatic carbocycles. The maximum absolute atomic E-state index is 12.7. The number of nitrogens with one attached hydrogen (secondary N) is 1. The Morgan fingerprint density at radius 2 is 2.05 bits per heavy atom. The summed E-state index contributed by atoms with van der Waals surface area (Å²) in [5.74, 6) is 0.134. The summed E-state index contributed by atoms with van der Waals surface area (Å²) in [5.41, 5.74) is 3.29. The van der Waals surface area contributed by atoms with Crippen LogP contribution in [0.3, 0.4) is 0 Å². The number of hydrogen-bond acceptors (Lipinski definition) is 3. The van der Waals surface area contributed by atoms with Crippen LogP contribution in [-0.4, -0.2) is 29.4 Å². The first-order chi connectivity index (χ1) is 10.3. The van der Waals surface area contributed by atoms with Gasteiger partial charge in [-0.25, -0.2) is 0 Å². The topological polar surface area (TPSA) is 45.2 Å².